The van der Waals surface area contributed by atoms with Crippen LogP contribution in [0.2, 0.25) is 0 Å². The van der Waals surface area contributed by atoms with Crippen LogP contribution in [-0.2, 0) is 9.59 Å². The van der Waals surface area contributed by atoms with Crippen LogP contribution < -0.4 is 5.32 Å². The monoisotopic (exact) mass is 327 g/mol. The first kappa shape index (κ1) is 17.5. The van der Waals surface area contributed by atoms with Gasteiger partial charge in [-0.2, -0.15) is 5.10 Å². The molecule has 6 nitrogen and oxygen atoms in total. The number of rotatable bonds is 7. The number of hydrogen-bond acceptors (Lipinski definition) is 3. The van der Waals surface area contributed by atoms with Gasteiger partial charge in [-0.05, 0) is 38.5 Å². The van der Waals surface area contributed by atoms with Crippen LogP contribution >= 0.6 is 0 Å². The second-order valence-corrected chi connectivity index (χ2v) is 5.45. The number of nitrogens with one attached hydrogen (secondary N) is 1. The van der Waals surface area contributed by atoms with Crippen molar-refractivity contribution in [3.63, 3.8) is 0 Å². The van der Waals surface area contributed by atoms with Gasteiger partial charge in [0.25, 0.3) is 0 Å². The summed E-state index contributed by atoms with van der Waals surface area (Å²) in [6.45, 7) is 4.20. The number of para-hydroxylation sites is 1. The number of aliphatic carboxylic acids is 1. The van der Waals surface area contributed by atoms with E-state index in [0.29, 0.717) is 13.0 Å². The van der Waals surface area contributed by atoms with E-state index >= 15 is 0 Å². The summed E-state index contributed by atoms with van der Waals surface area (Å²) in [5.41, 5.74) is 3.66. The summed E-state index contributed by atoms with van der Waals surface area (Å²) < 4.78 is 1.85. The van der Waals surface area contributed by atoms with Gasteiger partial charge in [0.15, 0.2) is 0 Å². The Morgan fingerprint density at radius 3 is 2.62 bits per heavy atom. The molecule has 0 spiro atoms. The number of carbonyl (C=O) groups is 2. The molecule has 126 valence electrons. The largest absolute Gasteiger partial charge is 0.481 e. The smallest absolute Gasteiger partial charge is 0.303 e. The lowest BCUT2D eigenvalue weighted by Gasteiger charge is -2.03. The molecule has 0 fully saturated rings. The number of carboxylic acids is 1. The normalized spacial score (nSPS) is 10.9. The van der Waals surface area contributed by atoms with Crippen molar-refractivity contribution in [1.82, 2.24) is 15.1 Å². The minimum Gasteiger partial charge on any atom is -0.481 e. The number of hydrogen-bond donors (Lipinski definition) is 2. The van der Waals surface area contributed by atoms with E-state index in [4.69, 9.17) is 5.11 Å². The Labute approximate surface area is 140 Å². The lowest BCUT2D eigenvalue weighted by Crippen LogP contribution is -2.22. The van der Waals surface area contributed by atoms with Crippen LogP contribution in [0.5, 0.6) is 0 Å². The number of amides is 1. The van der Waals surface area contributed by atoms with Crippen molar-refractivity contribution in [2.24, 2.45) is 0 Å². The topological polar surface area (TPSA) is 84.2 Å². The lowest BCUT2D eigenvalue weighted by molar-refractivity contribution is -0.137. The molecule has 6 heteroatoms. The molecular formula is C18H21N3O3. The predicted molar refractivity (Wildman–Crippen MR) is 92.0 cm³/mol. The Hall–Kier alpha value is -2.89. The van der Waals surface area contributed by atoms with Gasteiger partial charge in [0.1, 0.15) is 0 Å². The summed E-state index contributed by atoms with van der Waals surface area (Å²) in [5, 5.41) is 15.7. The summed E-state index contributed by atoms with van der Waals surface area (Å²) in [6.07, 6.45) is 3.65. The highest BCUT2D eigenvalue weighted by Crippen LogP contribution is 2.18. The Morgan fingerprint density at radius 2 is 1.96 bits per heavy atom. The van der Waals surface area contributed by atoms with Crippen LogP contribution in [0.15, 0.2) is 36.4 Å². The minimum absolute atomic E-state index is 0.0477. The van der Waals surface area contributed by atoms with Crippen LogP contribution in [0.1, 0.15) is 29.8 Å². The third-order valence-corrected chi connectivity index (χ3v) is 3.62. The molecule has 0 atom stereocenters. The molecule has 0 saturated carbocycles. The molecule has 0 bridgehead atoms. The second-order valence-electron chi connectivity index (χ2n) is 5.45. The van der Waals surface area contributed by atoms with E-state index in [-0.39, 0.29) is 12.3 Å². The lowest BCUT2D eigenvalue weighted by atomic mass is 10.2. The zero-order valence-electron chi connectivity index (χ0n) is 13.8. The predicted octanol–water partition coefficient (Wildman–Crippen LogP) is 2.48. The van der Waals surface area contributed by atoms with Gasteiger partial charge in [0.05, 0.1) is 11.4 Å². The second kappa shape index (κ2) is 8.10. The Balaban J connectivity index is 2.03. The number of carbonyl (C=O) groups excluding carboxylic acids is 1. The van der Waals surface area contributed by atoms with Gasteiger partial charge in [-0.25, -0.2) is 4.68 Å². The fraction of sp³-hybridized carbons (Fsp3) is 0.278. The maximum atomic E-state index is 11.8. The van der Waals surface area contributed by atoms with Crippen molar-refractivity contribution in [3.05, 3.63) is 53.4 Å². The molecule has 0 unspecified atom stereocenters. The van der Waals surface area contributed by atoms with Gasteiger partial charge in [0, 0.05) is 30.3 Å². The average Bonchev–Trinajstić information content (AvgIpc) is 2.85. The van der Waals surface area contributed by atoms with Crippen LogP contribution in [-0.4, -0.2) is 33.3 Å². The first-order valence-corrected chi connectivity index (χ1v) is 7.78. The molecule has 1 aromatic carbocycles. The number of aryl methyl sites for hydroxylation is 1. The fourth-order valence-corrected chi connectivity index (χ4v) is 2.39. The average molecular weight is 327 g/mol. The Bertz CT molecular complexity index is 748. The molecule has 0 aliphatic rings. The zero-order chi connectivity index (χ0) is 17.5. The van der Waals surface area contributed by atoms with Crippen molar-refractivity contribution >= 4 is 18.0 Å². The molecule has 0 radical (unpaired) electrons. The molecule has 24 heavy (non-hydrogen) atoms. The number of aromatic nitrogens is 2. The summed E-state index contributed by atoms with van der Waals surface area (Å²) in [6, 6.07) is 9.80. The van der Waals surface area contributed by atoms with E-state index in [9.17, 15) is 9.59 Å². The third kappa shape index (κ3) is 4.55. The highest BCUT2D eigenvalue weighted by molar-refractivity contribution is 5.92. The van der Waals surface area contributed by atoms with Crippen molar-refractivity contribution in [2.45, 2.75) is 26.7 Å². The molecular weight excluding hydrogens is 306 g/mol. The van der Waals surface area contributed by atoms with Crippen LogP contribution in [0.3, 0.4) is 0 Å². The van der Waals surface area contributed by atoms with Gasteiger partial charge < -0.3 is 10.4 Å². The Kier molecular flexibility index (Phi) is 5.89. The summed E-state index contributed by atoms with van der Waals surface area (Å²) in [4.78, 5) is 22.2. The summed E-state index contributed by atoms with van der Waals surface area (Å²) in [7, 11) is 0. The number of benzene rings is 1. The number of nitrogens with zero attached hydrogens (tertiary/aromatic N) is 2. The van der Waals surface area contributed by atoms with Crippen LogP contribution in [0.4, 0.5) is 0 Å². The summed E-state index contributed by atoms with van der Waals surface area (Å²) >= 11 is 0. The third-order valence-electron chi connectivity index (χ3n) is 3.62. The van der Waals surface area contributed by atoms with Crippen molar-refractivity contribution in [1.29, 1.82) is 0 Å². The summed E-state index contributed by atoms with van der Waals surface area (Å²) in [5.74, 6) is -1.11. The molecule has 2 N–H and O–H groups in total. The van der Waals surface area contributed by atoms with E-state index < -0.39 is 5.97 Å². The highest BCUT2D eigenvalue weighted by Gasteiger charge is 2.10. The Morgan fingerprint density at radius 1 is 1.25 bits per heavy atom. The van der Waals surface area contributed by atoms with Crippen LogP contribution in [0, 0.1) is 13.8 Å². The molecule has 2 aromatic rings. The maximum Gasteiger partial charge on any atom is 0.303 e. The molecule has 1 amide bonds. The van der Waals surface area contributed by atoms with Gasteiger partial charge in [-0.15, -0.1) is 0 Å². The van der Waals surface area contributed by atoms with Gasteiger partial charge in [-0.3, -0.25) is 9.59 Å². The van der Waals surface area contributed by atoms with E-state index in [1.807, 2.05) is 48.9 Å². The first-order chi connectivity index (χ1) is 11.5. The minimum atomic E-state index is -0.862. The quantitative estimate of drug-likeness (QED) is 0.604. The van der Waals surface area contributed by atoms with Crippen molar-refractivity contribution in [2.75, 3.05) is 6.54 Å². The zero-order valence-corrected chi connectivity index (χ0v) is 13.8. The van der Waals surface area contributed by atoms with E-state index in [2.05, 4.69) is 10.4 Å². The van der Waals surface area contributed by atoms with E-state index in [1.54, 1.807) is 6.08 Å². The van der Waals surface area contributed by atoms with Crippen molar-refractivity contribution in [3.8, 4) is 5.69 Å². The number of carboxylic acid groups (broad SMARTS) is 1. The molecule has 0 aliphatic heterocycles. The van der Waals surface area contributed by atoms with Gasteiger partial charge in [-0.1, -0.05) is 18.2 Å². The maximum absolute atomic E-state index is 11.8. The molecule has 2 rings (SSSR count). The standard InChI is InChI=1S/C18H21N3O3/c1-13-16(10-11-17(22)19-12-6-9-18(23)24)14(2)21(20-13)15-7-4-3-5-8-15/h3-5,7-8,10-11H,6,9,12H2,1-2H3,(H,19,22)(H,23,24). The van der Waals surface area contributed by atoms with Gasteiger partial charge >= 0.3 is 5.97 Å². The molecule has 1 heterocycles. The van der Waals surface area contributed by atoms with Crippen LogP contribution in [0.25, 0.3) is 11.8 Å². The van der Waals surface area contributed by atoms with E-state index in [0.717, 1.165) is 22.6 Å². The highest BCUT2D eigenvalue weighted by atomic mass is 16.4. The fourth-order valence-electron chi connectivity index (χ4n) is 2.39. The van der Waals surface area contributed by atoms with Crippen molar-refractivity contribution < 1.29 is 14.7 Å². The molecule has 0 saturated heterocycles. The first-order valence-electron chi connectivity index (χ1n) is 7.78. The SMILES string of the molecule is Cc1nn(-c2ccccc2)c(C)c1C=CC(=O)NCCCC(=O)O. The van der Waals surface area contributed by atoms with E-state index in [1.165, 1.54) is 6.08 Å². The molecule has 1 aromatic heterocycles. The molecule has 0 aliphatic carbocycles. The van der Waals surface area contributed by atoms with Gasteiger partial charge in [0.2, 0.25) is 5.91 Å².